The topological polar surface area (TPSA) is 29.4 Å². The van der Waals surface area contributed by atoms with Crippen molar-refractivity contribution in [1.29, 1.82) is 0 Å². The van der Waals surface area contributed by atoms with E-state index in [1.165, 1.54) is 0 Å². The van der Waals surface area contributed by atoms with E-state index in [0.717, 1.165) is 25.7 Å². The standard InChI is InChI=1S/C14H25NO/c1-6-7-12-10-11(13(2,3)4)8-9-14(12,5)15-16/h6,11-12H,1,7-10H2,2-5H3. The molecule has 0 radical (unpaired) electrons. The maximum atomic E-state index is 11.0. The quantitative estimate of drug-likeness (QED) is 0.510. The molecule has 2 heteroatoms. The molecule has 0 amide bonds. The van der Waals surface area contributed by atoms with Gasteiger partial charge in [-0.3, -0.25) is 0 Å². The minimum absolute atomic E-state index is 0.337. The van der Waals surface area contributed by atoms with Crippen LogP contribution in [0.3, 0.4) is 0 Å². The summed E-state index contributed by atoms with van der Waals surface area (Å²) in [6, 6.07) is 0. The Morgan fingerprint density at radius 2 is 2.12 bits per heavy atom. The highest BCUT2D eigenvalue weighted by Crippen LogP contribution is 2.47. The Morgan fingerprint density at radius 1 is 1.50 bits per heavy atom. The first kappa shape index (κ1) is 13.4. The summed E-state index contributed by atoms with van der Waals surface area (Å²) in [6.07, 6.45) is 6.00. The Kier molecular flexibility index (Phi) is 3.92. The molecule has 0 N–H and O–H groups in total. The molecule has 92 valence electrons. The normalized spacial score (nSPS) is 35.8. The number of hydrogen-bond donors (Lipinski definition) is 0. The van der Waals surface area contributed by atoms with Gasteiger partial charge in [0, 0.05) is 0 Å². The van der Waals surface area contributed by atoms with Crippen molar-refractivity contribution in [3.05, 3.63) is 17.6 Å². The average molecular weight is 223 g/mol. The molecule has 0 aromatic heterocycles. The van der Waals surface area contributed by atoms with Crippen LogP contribution < -0.4 is 0 Å². The van der Waals surface area contributed by atoms with Gasteiger partial charge in [-0.1, -0.05) is 32.0 Å². The largest absolute Gasteiger partial charge is 0.150 e. The first-order chi connectivity index (χ1) is 7.33. The molecular weight excluding hydrogens is 198 g/mol. The lowest BCUT2D eigenvalue weighted by molar-refractivity contribution is 0.0886. The van der Waals surface area contributed by atoms with Crippen LogP contribution in [0.15, 0.2) is 17.8 Å². The fourth-order valence-electron chi connectivity index (χ4n) is 2.84. The molecule has 0 saturated heterocycles. The van der Waals surface area contributed by atoms with E-state index in [0.29, 0.717) is 17.3 Å². The van der Waals surface area contributed by atoms with E-state index in [9.17, 15) is 4.91 Å². The van der Waals surface area contributed by atoms with Crippen molar-refractivity contribution in [1.82, 2.24) is 0 Å². The summed E-state index contributed by atoms with van der Waals surface area (Å²) in [5.74, 6) is 1.08. The van der Waals surface area contributed by atoms with E-state index in [-0.39, 0.29) is 5.54 Å². The summed E-state index contributed by atoms with van der Waals surface area (Å²) in [5.41, 5.74) is -0.0282. The van der Waals surface area contributed by atoms with Gasteiger partial charge in [0.2, 0.25) is 0 Å². The molecule has 1 aliphatic carbocycles. The first-order valence-corrected chi connectivity index (χ1v) is 6.29. The monoisotopic (exact) mass is 223 g/mol. The number of nitrogens with zero attached hydrogens (tertiary/aromatic N) is 1. The van der Waals surface area contributed by atoms with Gasteiger partial charge in [-0.05, 0) is 49.9 Å². The van der Waals surface area contributed by atoms with Crippen LogP contribution >= 0.6 is 0 Å². The molecule has 0 spiro atoms. The summed E-state index contributed by atoms with van der Waals surface area (Å²) >= 11 is 0. The van der Waals surface area contributed by atoms with Gasteiger partial charge in [0.25, 0.3) is 0 Å². The van der Waals surface area contributed by atoms with E-state index in [1.807, 2.05) is 13.0 Å². The molecular formula is C14H25NO. The third-order valence-corrected chi connectivity index (χ3v) is 4.33. The Morgan fingerprint density at radius 3 is 2.56 bits per heavy atom. The van der Waals surface area contributed by atoms with Crippen LogP contribution in [0.5, 0.6) is 0 Å². The third kappa shape index (κ3) is 2.72. The fourth-order valence-corrected chi connectivity index (χ4v) is 2.84. The number of hydrogen-bond acceptors (Lipinski definition) is 2. The highest BCUT2D eigenvalue weighted by molar-refractivity contribution is 4.99. The molecule has 0 aromatic carbocycles. The van der Waals surface area contributed by atoms with Crippen LogP contribution in [0.25, 0.3) is 0 Å². The van der Waals surface area contributed by atoms with Gasteiger partial charge in [-0.15, -0.1) is 6.58 Å². The lowest BCUT2D eigenvalue weighted by Gasteiger charge is -2.44. The minimum atomic E-state index is -0.365. The van der Waals surface area contributed by atoms with E-state index >= 15 is 0 Å². The Balaban J connectivity index is 2.80. The molecule has 3 atom stereocenters. The van der Waals surface area contributed by atoms with E-state index in [1.54, 1.807) is 0 Å². The zero-order valence-electron chi connectivity index (χ0n) is 11.1. The molecule has 2 nitrogen and oxygen atoms in total. The molecule has 1 fully saturated rings. The Labute approximate surface area is 99.5 Å². The maximum absolute atomic E-state index is 11.0. The van der Waals surface area contributed by atoms with E-state index < -0.39 is 0 Å². The van der Waals surface area contributed by atoms with Crippen molar-refractivity contribution in [3.8, 4) is 0 Å². The van der Waals surface area contributed by atoms with Crippen molar-refractivity contribution in [2.75, 3.05) is 0 Å². The zero-order valence-corrected chi connectivity index (χ0v) is 11.1. The number of rotatable bonds is 3. The summed E-state index contributed by atoms with van der Waals surface area (Å²) < 4.78 is 0. The van der Waals surface area contributed by atoms with Crippen LogP contribution in [0.2, 0.25) is 0 Å². The van der Waals surface area contributed by atoms with Gasteiger partial charge >= 0.3 is 0 Å². The van der Waals surface area contributed by atoms with Gasteiger partial charge in [0.1, 0.15) is 5.54 Å². The van der Waals surface area contributed by atoms with Crippen LogP contribution in [0, 0.1) is 22.2 Å². The van der Waals surface area contributed by atoms with Gasteiger partial charge < -0.3 is 0 Å². The second-order valence-electron chi connectivity index (χ2n) is 6.51. The Bertz CT molecular complexity index is 266. The molecule has 1 rings (SSSR count). The predicted molar refractivity (Wildman–Crippen MR) is 69.3 cm³/mol. The number of allylic oxidation sites excluding steroid dienone is 1. The second kappa shape index (κ2) is 4.68. The lowest BCUT2D eigenvalue weighted by atomic mass is 9.62. The third-order valence-electron chi connectivity index (χ3n) is 4.33. The highest BCUT2D eigenvalue weighted by atomic mass is 16.3. The summed E-state index contributed by atoms with van der Waals surface area (Å²) in [6.45, 7) is 12.7. The molecule has 0 aromatic rings. The lowest BCUT2D eigenvalue weighted by Crippen LogP contribution is -2.41. The molecule has 0 aliphatic heterocycles. The van der Waals surface area contributed by atoms with Crippen molar-refractivity contribution in [2.45, 2.75) is 58.9 Å². The van der Waals surface area contributed by atoms with Crippen LogP contribution in [-0.2, 0) is 0 Å². The van der Waals surface area contributed by atoms with Crippen LogP contribution in [0.4, 0.5) is 0 Å². The first-order valence-electron chi connectivity index (χ1n) is 6.29. The predicted octanol–water partition coefficient (Wildman–Crippen LogP) is 4.55. The van der Waals surface area contributed by atoms with Crippen molar-refractivity contribution in [2.24, 2.45) is 22.4 Å². The molecule has 1 saturated carbocycles. The highest BCUT2D eigenvalue weighted by Gasteiger charge is 2.43. The summed E-state index contributed by atoms with van der Waals surface area (Å²) in [7, 11) is 0. The van der Waals surface area contributed by atoms with Gasteiger partial charge in [0.05, 0.1) is 0 Å². The molecule has 1 aliphatic rings. The smallest absolute Gasteiger partial charge is 0.103 e. The van der Waals surface area contributed by atoms with Crippen molar-refractivity contribution >= 4 is 0 Å². The SMILES string of the molecule is C=CCC1CC(C(C)(C)C)CCC1(C)N=O. The van der Waals surface area contributed by atoms with Crippen molar-refractivity contribution in [3.63, 3.8) is 0 Å². The van der Waals surface area contributed by atoms with Gasteiger partial charge in [-0.2, -0.15) is 4.91 Å². The Hall–Kier alpha value is -0.660. The van der Waals surface area contributed by atoms with Gasteiger partial charge in [0.15, 0.2) is 0 Å². The molecule has 3 unspecified atom stereocenters. The molecule has 16 heavy (non-hydrogen) atoms. The summed E-state index contributed by atoms with van der Waals surface area (Å²) in [5, 5.41) is 3.40. The minimum Gasteiger partial charge on any atom is -0.150 e. The fraction of sp³-hybridized carbons (Fsp3) is 0.857. The van der Waals surface area contributed by atoms with E-state index in [4.69, 9.17) is 0 Å². The zero-order chi connectivity index (χ0) is 12.4. The van der Waals surface area contributed by atoms with Crippen LogP contribution in [0.1, 0.15) is 53.4 Å². The number of nitroso groups, excluding NO2 is 1. The summed E-state index contributed by atoms with van der Waals surface area (Å²) in [4.78, 5) is 11.0. The molecule has 0 bridgehead atoms. The second-order valence-corrected chi connectivity index (χ2v) is 6.51. The van der Waals surface area contributed by atoms with E-state index in [2.05, 4.69) is 32.5 Å². The average Bonchev–Trinajstić information content (AvgIpc) is 2.20. The van der Waals surface area contributed by atoms with Gasteiger partial charge in [-0.25, -0.2) is 0 Å². The van der Waals surface area contributed by atoms with Crippen LogP contribution in [-0.4, -0.2) is 5.54 Å². The maximum Gasteiger partial charge on any atom is 0.103 e. The molecule has 0 heterocycles. The van der Waals surface area contributed by atoms with Crippen molar-refractivity contribution < 1.29 is 0 Å².